The number of rotatable bonds is 2. The molecule has 122 valence electrons. The standard InChI is InChI=1S/C22H18N2S/c1-3-7-17-15(5-1)21-19(23(17)13-9-10-13)20-22(25-21)16-6-2-4-8-18(16)24(20)14-11-12-14/h1-8,13-14H,9-12H2. The average molecular weight is 342 g/mol. The Bertz CT molecular complexity index is 1210. The molecule has 0 amide bonds. The second-order valence-electron chi connectivity index (χ2n) is 7.69. The third-order valence-electron chi connectivity index (χ3n) is 5.98. The monoisotopic (exact) mass is 342 g/mol. The van der Waals surface area contributed by atoms with Crippen LogP contribution in [0.3, 0.4) is 0 Å². The fourth-order valence-electron chi connectivity index (χ4n) is 4.64. The molecular weight excluding hydrogens is 324 g/mol. The van der Waals surface area contributed by atoms with Gasteiger partial charge in [-0.1, -0.05) is 36.4 Å². The van der Waals surface area contributed by atoms with Crippen molar-refractivity contribution in [1.29, 1.82) is 0 Å². The Labute approximate surface area is 149 Å². The summed E-state index contributed by atoms with van der Waals surface area (Å²) in [6, 6.07) is 19.4. The molecule has 3 heteroatoms. The first kappa shape index (κ1) is 13.0. The molecule has 0 radical (unpaired) electrons. The van der Waals surface area contributed by atoms with Crippen molar-refractivity contribution >= 4 is 53.6 Å². The minimum Gasteiger partial charge on any atom is -0.335 e. The van der Waals surface area contributed by atoms with E-state index >= 15 is 0 Å². The van der Waals surface area contributed by atoms with Gasteiger partial charge in [-0.3, -0.25) is 0 Å². The van der Waals surface area contributed by atoms with Crippen LogP contribution in [0.25, 0.3) is 42.2 Å². The van der Waals surface area contributed by atoms with Crippen molar-refractivity contribution in [3.63, 3.8) is 0 Å². The summed E-state index contributed by atoms with van der Waals surface area (Å²) in [7, 11) is 0. The number of aromatic nitrogens is 2. The first-order chi connectivity index (χ1) is 12.4. The van der Waals surface area contributed by atoms with Crippen molar-refractivity contribution in [2.24, 2.45) is 0 Å². The van der Waals surface area contributed by atoms with Crippen molar-refractivity contribution in [3.8, 4) is 0 Å². The largest absolute Gasteiger partial charge is 0.335 e. The van der Waals surface area contributed by atoms with E-state index in [0.29, 0.717) is 12.1 Å². The molecule has 0 aliphatic heterocycles. The summed E-state index contributed by atoms with van der Waals surface area (Å²) in [6.07, 6.45) is 5.31. The maximum absolute atomic E-state index is 2.67. The molecular formula is C22H18N2S. The van der Waals surface area contributed by atoms with Gasteiger partial charge in [0.1, 0.15) is 0 Å². The summed E-state index contributed by atoms with van der Waals surface area (Å²) in [5, 5.41) is 2.88. The number of fused-ring (bicyclic) bond motifs is 7. The highest BCUT2D eigenvalue weighted by Crippen LogP contribution is 2.52. The molecule has 2 aliphatic rings. The van der Waals surface area contributed by atoms with E-state index < -0.39 is 0 Å². The highest BCUT2D eigenvalue weighted by molar-refractivity contribution is 7.27. The molecule has 0 saturated heterocycles. The number of para-hydroxylation sites is 2. The summed E-state index contributed by atoms with van der Waals surface area (Å²) < 4.78 is 8.32. The number of hydrogen-bond donors (Lipinski definition) is 0. The summed E-state index contributed by atoms with van der Waals surface area (Å²) in [4.78, 5) is 0. The molecule has 2 aromatic carbocycles. The summed E-state index contributed by atoms with van der Waals surface area (Å²) >= 11 is 2.01. The lowest BCUT2D eigenvalue weighted by molar-refractivity contribution is 0.787. The van der Waals surface area contributed by atoms with Crippen molar-refractivity contribution in [2.45, 2.75) is 37.8 Å². The zero-order valence-corrected chi connectivity index (χ0v) is 14.7. The van der Waals surface area contributed by atoms with Crippen LogP contribution in [0.5, 0.6) is 0 Å². The highest BCUT2D eigenvalue weighted by Gasteiger charge is 2.33. The van der Waals surface area contributed by atoms with Crippen LogP contribution >= 0.6 is 11.3 Å². The van der Waals surface area contributed by atoms with Gasteiger partial charge in [0.15, 0.2) is 0 Å². The first-order valence-corrected chi connectivity index (χ1v) is 10.2. The van der Waals surface area contributed by atoms with E-state index in [-0.39, 0.29) is 0 Å². The number of thiophene rings is 1. The van der Waals surface area contributed by atoms with Crippen LogP contribution in [0.1, 0.15) is 37.8 Å². The van der Waals surface area contributed by atoms with Crippen LogP contribution in [0.15, 0.2) is 48.5 Å². The topological polar surface area (TPSA) is 9.86 Å². The molecule has 0 spiro atoms. The van der Waals surface area contributed by atoms with Gasteiger partial charge in [-0.2, -0.15) is 0 Å². The van der Waals surface area contributed by atoms with E-state index in [9.17, 15) is 0 Å². The van der Waals surface area contributed by atoms with Gasteiger partial charge < -0.3 is 9.13 Å². The van der Waals surface area contributed by atoms with Gasteiger partial charge >= 0.3 is 0 Å². The van der Waals surface area contributed by atoms with Crippen LogP contribution < -0.4 is 0 Å². The van der Waals surface area contributed by atoms with Gasteiger partial charge in [-0.05, 0) is 37.8 Å². The van der Waals surface area contributed by atoms with Crippen molar-refractivity contribution in [2.75, 3.05) is 0 Å². The van der Waals surface area contributed by atoms with Gasteiger partial charge in [0.2, 0.25) is 0 Å². The van der Waals surface area contributed by atoms with Gasteiger partial charge in [0.25, 0.3) is 0 Å². The lowest BCUT2D eigenvalue weighted by atomic mass is 10.2. The smallest absolute Gasteiger partial charge is 0.0852 e. The Morgan fingerprint density at radius 3 is 1.52 bits per heavy atom. The van der Waals surface area contributed by atoms with E-state index in [4.69, 9.17) is 0 Å². The van der Waals surface area contributed by atoms with E-state index in [1.54, 1.807) is 0 Å². The zero-order valence-electron chi connectivity index (χ0n) is 13.9. The lowest BCUT2D eigenvalue weighted by Crippen LogP contribution is -1.97. The van der Waals surface area contributed by atoms with Crippen LogP contribution in [0.4, 0.5) is 0 Å². The third kappa shape index (κ3) is 1.56. The number of hydrogen-bond acceptors (Lipinski definition) is 1. The van der Waals surface area contributed by atoms with Crippen molar-refractivity contribution in [3.05, 3.63) is 48.5 Å². The molecule has 2 saturated carbocycles. The minimum absolute atomic E-state index is 0.700. The fraction of sp³-hybridized carbons (Fsp3) is 0.273. The van der Waals surface area contributed by atoms with Crippen LogP contribution in [0.2, 0.25) is 0 Å². The fourth-order valence-corrected chi connectivity index (χ4v) is 5.99. The summed E-state index contributed by atoms with van der Waals surface area (Å²) in [5.41, 5.74) is 5.88. The molecule has 3 aromatic heterocycles. The predicted molar refractivity (Wildman–Crippen MR) is 107 cm³/mol. The molecule has 2 fully saturated rings. The molecule has 3 heterocycles. The minimum atomic E-state index is 0.700. The van der Waals surface area contributed by atoms with Gasteiger partial charge in [-0.25, -0.2) is 0 Å². The molecule has 0 N–H and O–H groups in total. The van der Waals surface area contributed by atoms with E-state index in [1.165, 1.54) is 67.9 Å². The Balaban J connectivity index is 1.79. The molecule has 2 nitrogen and oxygen atoms in total. The van der Waals surface area contributed by atoms with E-state index in [2.05, 4.69) is 57.7 Å². The lowest BCUT2D eigenvalue weighted by Gasteiger charge is -2.08. The Hall–Kier alpha value is -2.26. The average Bonchev–Trinajstić information content (AvgIpc) is 3.56. The van der Waals surface area contributed by atoms with E-state index in [0.717, 1.165) is 0 Å². The van der Waals surface area contributed by atoms with Gasteiger partial charge in [0.05, 0.1) is 31.5 Å². The second kappa shape index (κ2) is 4.28. The Kier molecular flexibility index (Phi) is 2.23. The Morgan fingerprint density at radius 1 is 0.640 bits per heavy atom. The molecule has 0 atom stereocenters. The quantitative estimate of drug-likeness (QED) is 0.340. The summed E-state index contributed by atoms with van der Waals surface area (Å²) in [5.74, 6) is 0. The van der Waals surface area contributed by atoms with Gasteiger partial charge in [-0.15, -0.1) is 11.3 Å². The molecule has 5 aromatic rings. The van der Waals surface area contributed by atoms with Crippen LogP contribution in [0, 0.1) is 0 Å². The molecule has 7 rings (SSSR count). The number of benzene rings is 2. The molecule has 2 aliphatic carbocycles. The van der Waals surface area contributed by atoms with Gasteiger partial charge in [0, 0.05) is 22.9 Å². The zero-order chi connectivity index (χ0) is 16.1. The summed E-state index contributed by atoms with van der Waals surface area (Å²) in [6.45, 7) is 0. The van der Waals surface area contributed by atoms with Crippen LogP contribution in [-0.2, 0) is 0 Å². The second-order valence-corrected chi connectivity index (χ2v) is 8.71. The molecule has 0 unspecified atom stereocenters. The van der Waals surface area contributed by atoms with Crippen molar-refractivity contribution in [1.82, 2.24) is 9.13 Å². The Morgan fingerprint density at radius 2 is 1.08 bits per heavy atom. The molecule has 0 bridgehead atoms. The van der Waals surface area contributed by atoms with Crippen LogP contribution in [-0.4, -0.2) is 9.13 Å². The maximum Gasteiger partial charge on any atom is 0.0852 e. The van der Waals surface area contributed by atoms with Crippen molar-refractivity contribution < 1.29 is 0 Å². The first-order valence-electron chi connectivity index (χ1n) is 9.36. The maximum atomic E-state index is 2.67. The third-order valence-corrected chi connectivity index (χ3v) is 7.22. The van der Waals surface area contributed by atoms with E-state index in [1.807, 2.05) is 11.3 Å². The number of nitrogens with zero attached hydrogens (tertiary/aromatic N) is 2. The normalized spacial score (nSPS) is 18.2. The molecule has 25 heavy (non-hydrogen) atoms. The highest BCUT2D eigenvalue weighted by atomic mass is 32.1. The SMILES string of the molecule is c1ccc2c(c1)c1sc3c4ccccc4n(C4CC4)c3c1n2C1CC1. The predicted octanol–water partition coefficient (Wildman–Crippen LogP) is 6.63.